The molecule has 7 unspecified atom stereocenters. The van der Waals surface area contributed by atoms with Crippen molar-refractivity contribution in [1.82, 2.24) is 4.90 Å². The van der Waals surface area contributed by atoms with Crippen LogP contribution in [0.1, 0.15) is 32.6 Å². The SMILES string of the molecule is C=C1C[C@]23CC4C5C67C[C@@H](O)C[C@@]5(C)CN4[C@@H]6C2C(O)[C@H]1[C@@H](O)C73.Cl. The van der Waals surface area contributed by atoms with Gasteiger partial charge < -0.3 is 15.3 Å². The summed E-state index contributed by atoms with van der Waals surface area (Å²) in [4.78, 5) is 2.73. The Labute approximate surface area is 154 Å². The highest BCUT2D eigenvalue weighted by Gasteiger charge is 2.90. The summed E-state index contributed by atoms with van der Waals surface area (Å²) in [6, 6.07) is 0.999. The normalized spacial score (nSPS) is 73.0. The molecule has 0 aromatic carbocycles. The van der Waals surface area contributed by atoms with Crippen LogP contribution in [0.4, 0.5) is 0 Å². The van der Waals surface area contributed by atoms with Gasteiger partial charge in [-0.15, -0.1) is 12.4 Å². The third-order valence-corrected chi connectivity index (χ3v) is 10.1. The third-order valence-electron chi connectivity index (χ3n) is 10.1. The van der Waals surface area contributed by atoms with Crippen LogP contribution in [0.15, 0.2) is 12.2 Å². The summed E-state index contributed by atoms with van der Waals surface area (Å²) in [7, 11) is 0. The fourth-order valence-corrected chi connectivity index (χ4v) is 10.7. The van der Waals surface area contributed by atoms with Crippen LogP contribution in [0.5, 0.6) is 0 Å². The number of nitrogens with zero attached hydrogens (tertiary/aromatic N) is 1. The van der Waals surface area contributed by atoms with Gasteiger partial charge in [0.25, 0.3) is 0 Å². The molecule has 6 aliphatic carbocycles. The average molecular weight is 366 g/mol. The number of rotatable bonds is 0. The molecule has 4 nitrogen and oxygen atoms in total. The Morgan fingerprint density at radius 2 is 1.84 bits per heavy atom. The van der Waals surface area contributed by atoms with Gasteiger partial charge in [-0.3, -0.25) is 4.90 Å². The highest BCUT2D eigenvalue weighted by molar-refractivity contribution is 5.85. The Morgan fingerprint density at radius 3 is 2.60 bits per heavy atom. The molecular weight excluding hydrogens is 338 g/mol. The number of aliphatic hydroxyl groups is 3. The van der Waals surface area contributed by atoms with Crippen LogP contribution in [0.3, 0.4) is 0 Å². The molecule has 9 fully saturated rings. The lowest BCUT2D eigenvalue weighted by atomic mass is 9.39. The standard InChI is InChI=1S/C20H27NO3.ClH/c1-8-3-19-6-10-15-18(2)4-9(22)5-20(15)16(19)14(24)11(8)13(23)12(19)17(20)21(10)7-18;/h9-17,22-24H,1,3-7H2,2H3;1H/t9-,10?,11-,12?,13?,14+,15?,16?,17+,18-,19-,20?;/m0./s1. The number of hydrogen-bond acceptors (Lipinski definition) is 4. The molecule has 0 amide bonds. The molecule has 9 rings (SSSR count). The fraction of sp³-hybridized carbons (Fsp3) is 0.900. The van der Waals surface area contributed by atoms with Crippen LogP contribution in [0, 0.1) is 39.9 Å². The Hall–Kier alpha value is -0.130. The lowest BCUT2D eigenvalue weighted by Gasteiger charge is -2.65. The molecule has 3 saturated heterocycles. The Kier molecular flexibility index (Phi) is 2.54. The molecule has 0 radical (unpaired) electrons. The van der Waals surface area contributed by atoms with Crippen molar-refractivity contribution >= 4 is 12.4 Å². The second-order valence-corrected chi connectivity index (χ2v) is 10.8. The Bertz CT molecular complexity index is 715. The van der Waals surface area contributed by atoms with Gasteiger partial charge in [0.05, 0.1) is 18.3 Å². The highest BCUT2D eigenvalue weighted by Crippen LogP contribution is 2.86. The van der Waals surface area contributed by atoms with Gasteiger partial charge in [-0.2, -0.15) is 0 Å². The molecule has 138 valence electrons. The zero-order valence-corrected chi connectivity index (χ0v) is 15.5. The quantitative estimate of drug-likeness (QED) is 0.564. The van der Waals surface area contributed by atoms with Gasteiger partial charge in [-0.1, -0.05) is 19.1 Å². The third kappa shape index (κ3) is 1.22. The van der Waals surface area contributed by atoms with E-state index in [1.54, 1.807) is 0 Å². The molecule has 0 aromatic rings. The second kappa shape index (κ2) is 4.00. The summed E-state index contributed by atoms with van der Waals surface area (Å²) in [5, 5.41) is 33.3. The maximum atomic E-state index is 11.3. The number of piperidine rings is 2. The minimum Gasteiger partial charge on any atom is -0.393 e. The van der Waals surface area contributed by atoms with Crippen LogP contribution < -0.4 is 0 Å². The molecular formula is C20H28ClNO3. The van der Waals surface area contributed by atoms with Gasteiger partial charge in [0.2, 0.25) is 0 Å². The zero-order valence-electron chi connectivity index (χ0n) is 14.6. The minimum absolute atomic E-state index is 0. The molecule has 2 spiro atoms. The van der Waals surface area contributed by atoms with E-state index in [0.717, 1.165) is 37.8 Å². The largest absolute Gasteiger partial charge is 0.393 e. The van der Waals surface area contributed by atoms with Crippen LogP contribution in [-0.2, 0) is 0 Å². The summed E-state index contributed by atoms with van der Waals surface area (Å²) < 4.78 is 0. The number of fused-ring (bicyclic) bond motifs is 1. The second-order valence-electron chi connectivity index (χ2n) is 10.8. The van der Waals surface area contributed by atoms with E-state index in [4.69, 9.17) is 0 Å². The van der Waals surface area contributed by atoms with Crippen LogP contribution in [0.2, 0.25) is 0 Å². The predicted molar refractivity (Wildman–Crippen MR) is 94.1 cm³/mol. The molecule has 3 N–H and O–H groups in total. The van der Waals surface area contributed by atoms with E-state index in [-0.39, 0.29) is 52.5 Å². The van der Waals surface area contributed by atoms with Crippen molar-refractivity contribution in [3.63, 3.8) is 0 Å². The van der Waals surface area contributed by atoms with E-state index in [2.05, 4.69) is 18.4 Å². The Morgan fingerprint density at radius 1 is 1.08 bits per heavy atom. The summed E-state index contributed by atoms with van der Waals surface area (Å²) in [5.74, 6) is 1.02. The van der Waals surface area contributed by atoms with E-state index < -0.39 is 12.2 Å². The lowest BCUT2D eigenvalue weighted by Crippen LogP contribution is -2.67. The summed E-state index contributed by atoms with van der Waals surface area (Å²) in [6.07, 6.45) is 2.76. The summed E-state index contributed by atoms with van der Waals surface area (Å²) >= 11 is 0. The van der Waals surface area contributed by atoms with Crippen molar-refractivity contribution in [1.29, 1.82) is 0 Å². The smallest absolute Gasteiger partial charge is 0.0679 e. The van der Waals surface area contributed by atoms with E-state index in [1.165, 1.54) is 0 Å². The van der Waals surface area contributed by atoms with Gasteiger partial charge in [-0.05, 0) is 53.8 Å². The molecule has 3 aliphatic heterocycles. The molecule has 6 saturated carbocycles. The van der Waals surface area contributed by atoms with Crippen LogP contribution in [0.25, 0.3) is 0 Å². The van der Waals surface area contributed by atoms with Gasteiger partial charge in [0.15, 0.2) is 0 Å². The molecule has 0 aromatic heterocycles. The van der Waals surface area contributed by atoms with Crippen molar-refractivity contribution < 1.29 is 15.3 Å². The van der Waals surface area contributed by atoms with E-state index in [9.17, 15) is 15.3 Å². The zero-order chi connectivity index (χ0) is 16.4. The first-order chi connectivity index (χ1) is 11.4. The van der Waals surface area contributed by atoms with E-state index in [0.29, 0.717) is 18.0 Å². The van der Waals surface area contributed by atoms with E-state index in [1.807, 2.05) is 0 Å². The van der Waals surface area contributed by atoms with Crippen LogP contribution >= 0.6 is 12.4 Å². The predicted octanol–water partition coefficient (Wildman–Crippen LogP) is 1.19. The van der Waals surface area contributed by atoms with Gasteiger partial charge >= 0.3 is 0 Å². The number of halogens is 1. The molecule has 25 heavy (non-hydrogen) atoms. The first kappa shape index (κ1) is 15.9. The maximum Gasteiger partial charge on any atom is 0.0679 e. The lowest BCUT2D eigenvalue weighted by molar-refractivity contribution is -0.213. The minimum atomic E-state index is -0.460. The topological polar surface area (TPSA) is 63.9 Å². The average Bonchev–Trinajstić information content (AvgIpc) is 2.88. The van der Waals surface area contributed by atoms with Gasteiger partial charge in [0, 0.05) is 30.5 Å². The molecule has 13 atom stereocenters. The monoisotopic (exact) mass is 365 g/mol. The van der Waals surface area contributed by atoms with Crippen molar-refractivity contribution in [3.05, 3.63) is 12.2 Å². The summed E-state index contributed by atoms with van der Waals surface area (Å²) in [6.45, 7) is 7.72. The Balaban J connectivity index is 0.00000129. The highest BCUT2D eigenvalue weighted by atomic mass is 35.5. The maximum absolute atomic E-state index is 11.3. The molecule has 9 bridgehead atoms. The molecule has 3 heterocycles. The fourth-order valence-electron chi connectivity index (χ4n) is 10.7. The first-order valence-electron chi connectivity index (χ1n) is 9.83. The van der Waals surface area contributed by atoms with E-state index >= 15 is 0 Å². The number of aliphatic hydroxyl groups excluding tert-OH is 3. The van der Waals surface area contributed by atoms with Gasteiger partial charge in [-0.25, -0.2) is 0 Å². The molecule has 5 heteroatoms. The summed E-state index contributed by atoms with van der Waals surface area (Å²) in [5.41, 5.74) is 1.37. The van der Waals surface area contributed by atoms with Gasteiger partial charge in [0.1, 0.15) is 0 Å². The van der Waals surface area contributed by atoms with Crippen molar-refractivity contribution in [2.75, 3.05) is 6.54 Å². The first-order valence-corrected chi connectivity index (χ1v) is 9.83. The van der Waals surface area contributed by atoms with Crippen molar-refractivity contribution in [3.8, 4) is 0 Å². The van der Waals surface area contributed by atoms with Crippen molar-refractivity contribution in [2.45, 2.75) is 63.0 Å². The van der Waals surface area contributed by atoms with Crippen LogP contribution in [-0.4, -0.2) is 57.2 Å². The molecule has 9 aliphatic rings. The number of hydrogen-bond donors (Lipinski definition) is 3. The van der Waals surface area contributed by atoms with Crippen molar-refractivity contribution in [2.24, 2.45) is 39.9 Å².